The Bertz CT molecular complexity index is 590. The normalized spacial score (nSPS) is 20.2. The molecule has 17 heavy (non-hydrogen) atoms. The van der Waals surface area contributed by atoms with E-state index in [-0.39, 0.29) is 5.69 Å². The highest BCUT2D eigenvalue weighted by atomic mass is 16.1. The lowest BCUT2D eigenvalue weighted by Gasteiger charge is -2.08. The van der Waals surface area contributed by atoms with Crippen LogP contribution in [0.1, 0.15) is 12.0 Å². The number of imidazole rings is 1. The Balaban J connectivity index is 1.93. The fraction of sp³-hybridized carbons (Fsp3) is 0.462. The van der Waals surface area contributed by atoms with Crippen molar-refractivity contribution in [1.82, 2.24) is 14.9 Å². The number of H-pyrrole nitrogens is 1. The van der Waals surface area contributed by atoms with Crippen LogP contribution in [0.2, 0.25) is 0 Å². The largest absolute Gasteiger partial charge is 0.326 e. The molecule has 2 heterocycles. The van der Waals surface area contributed by atoms with Crippen molar-refractivity contribution < 1.29 is 0 Å². The molecule has 0 amide bonds. The van der Waals surface area contributed by atoms with Gasteiger partial charge in [-0.05, 0) is 49.5 Å². The lowest BCUT2D eigenvalue weighted by molar-refractivity contribution is 0.580. The summed E-state index contributed by atoms with van der Waals surface area (Å²) in [5.41, 5.74) is 3.19. The van der Waals surface area contributed by atoms with Gasteiger partial charge in [-0.1, -0.05) is 6.07 Å². The molecule has 3 rings (SSSR count). The minimum Gasteiger partial charge on any atom is -0.316 e. The van der Waals surface area contributed by atoms with Gasteiger partial charge in [-0.25, -0.2) is 4.79 Å². The van der Waals surface area contributed by atoms with Gasteiger partial charge in [-0.15, -0.1) is 0 Å². The summed E-state index contributed by atoms with van der Waals surface area (Å²) < 4.78 is 1.65. The van der Waals surface area contributed by atoms with Crippen LogP contribution in [0.4, 0.5) is 0 Å². The van der Waals surface area contributed by atoms with Crippen LogP contribution >= 0.6 is 0 Å². The summed E-state index contributed by atoms with van der Waals surface area (Å²) in [6, 6.07) is 6.27. The number of fused-ring (bicyclic) bond motifs is 1. The SMILES string of the molecule is Cn1c(=O)[nH]c2cc(CC3CCNC3)ccc21. The van der Waals surface area contributed by atoms with E-state index >= 15 is 0 Å². The number of aromatic amines is 1. The van der Waals surface area contributed by atoms with Gasteiger partial charge in [0.2, 0.25) is 0 Å². The number of rotatable bonds is 2. The Kier molecular flexibility index (Phi) is 2.52. The fourth-order valence-corrected chi connectivity index (χ4v) is 2.63. The van der Waals surface area contributed by atoms with Gasteiger partial charge in [0.1, 0.15) is 0 Å². The molecule has 1 aromatic carbocycles. The smallest absolute Gasteiger partial charge is 0.316 e. The van der Waals surface area contributed by atoms with E-state index in [9.17, 15) is 4.79 Å². The molecule has 1 unspecified atom stereocenters. The number of hydrogen-bond acceptors (Lipinski definition) is 2. The quantitative estimate of drug-likeness (QED) is 0.810. The molecule has 4 heteroatoms. The summed E-state index contributed by atoms with van der Waals surface area (Å²) in [5, 5.41) is 3.38. The lowest BCUT2D eigenvalue weighted by atomic mass is 9.98. The van der Waals surface area contributed by atoms with Crippen molar-refractivity contribution in [3.8, 4) is 0 Å². The highest BCUT2D eigenvalue weighted by molar-refractivity contribution is 5.75. The third kappa shape index (κ3) is 1.89. The minimum absolute atomic E-state index is 0.0420. The second kappa shape index (κ2) is 4.04. The van der Waals surface area contributed by atoms with E-state index in [1.165, 1.54) is 12.0 Å². The third-order valence-electron chi connectivity index (χ3n) is 3.66. The Morgan fingerprint density at radius 3 is 3.12 bits per heavy atom. The molecule has 1 saturated heterocycles. The summed E-state index contributed by atoms with van der Waals surface area (Å²) >= 11 is 0. The van der Waals surface area contributed by atoms with Crippen LogP contribution in [0.25, 0.3) is 11.0 Å². The van der Waals surface area contributed by atoms with Crippen molar-refractivity contribution in [2.45, 2.75) is 12.8 Å². The standard InChI is InChI=1S/C13H17N3O/c1-16-12-3-2-9(6-10-4-5-14-8-10)7-11(12)15-13(16)17/h2-3,7,10,14H,4-6,8H2,1H3,(H,15,17). The molecule has 0 spiro atoms. The molecule has 90 valence electrons. The molecule has 0 bridgehead atoms. The van der Waals surface area contributed by atoms with Gasteiger partial charge in [0.15, 0.2) is 0 Å². The van der Waals surface area contributed by atoms with E-state index in [1.807, 2.05) is 6.07 Å². The van der Waals surface area contributed by atoms with E-state index in [0.29, 0.717) is 0 Å². The average molecular weight is 231 g/mol. The number of aromatic nitrogens is 2. The van der Waals surface area contributed by atoms with Crippen LogP contribution in [0.5, 0.6) is 0 Å². The summed E-state index contributed by atoms with van der Waals surface area (Å²) in [4.78, 5) is 14.4. The zero-order chi connectivity index (χ0) is 11.8. The maximum Gasteiger partial charge on any atom is 0.326 e. The van der Waals surface area contributed by atoms with Crippen molar-refractivity contribution in [2.75, 3.05) is 13.1 Å². The van der Waals surface area contributed by atoms with E-state index in [0.717, 1.165) is 36.5 Å². The molecular formula is C13H17N3O. The summed E-state index contributed by atoms with van der Waals surface area (Å²) in [5.74, 6) is 0.739. The molecule has 0 radical (unpaired) electrons. The van der Waals surface area contributed by atoms with Gasteiger partial charge in [0, 0.05) is 7.05 Å². The molecule has 1 aromatic heterocycles. The molecule has 2 aromatic rings. The molecule has 4 nitrogen and oxygen atoms in total. The topological polar surface area (TPSA) is 49.8 Å². The summed E-state index contributed by atoms with van der Waals surface area (Å²) in [7, 11) is 1.79. The zero-order valence-electron chi connectivity index (χ0n) is 9.99. The van der Waals surface area contributed by atoms with Crippen LogP contribution < -0.4 is 11.0 Å². The minimum atomic E-state index is -0.0420. The van der Waals surface area contributed by atoms with Crippen molar-refractivity contribution >= 4 is 11.0 Å². The Morgan fingerprint density at radius 1 is 1.47 bits per heavy atom. The predicted octanol–water partition coefficient (Wildman–Crippen LogP) is 1.02. The van der Waals surface area contributed by atoms with Crippen LogP contribution in [0, 0.1) is 5.92 Å². The first-order valence-corrected chi connectivity index (χ1v) is 6.12. The molecule has 1 aliphatic heterocycles. The number of nitrogens with one attached hydrogen (secondary N) is 2. The first-order chi connectivity index (χ1) is 8.24. The van der Waals surface area contributed by atoms with Gasteiger partial charge < -0.3 is 10.3 Å². The van der Waals surface area contributed by atoms with Gasteiger partial charge >= 0.3 is 5.69 Å². The van der Waals surface area contributed by atoms with E-state index in [2.05, 4.69) is 22.4 Å². The predicted molar refractivity (Wildman–Crippen MR) is 68.2 cm³/mol. The fourth-order valence-electron chi connectivity index (χ4n) is 2.63. The van der Waals surface area contributed by atoms with Gasteiger partial charge in [-0.2, -0.15) is 0 Å². The Morgan fingerprint density at radius 2 is 2.35 bits per heavy atom. The second-order valence-corrected chi connectivity index (χ2v) is 4.90. The van der Waals surface area contributed by atoms with Crippen molar-refractivity contribution in [2.24, 2.45) is 13.0 Å². The zero-order valence-corrected chi connectivity index (χ0v) is 9.99. The summed E-state index contributed by atoms with van der Waals surface area (Å²) in [6.07, 6.45) is 2.35. The first-order valence-electron chi connectivity index (χ1n) is 6.12. The average Bonchev–Trinajstić information content (AvgIpc) is 2.89. The van der Waals surface area contributed by atoms with E-state index in [4.69, 9.17) is 0 Å². The molecule has 0 aliphatic carbocycles. The highest BCUT2D eigenvalue weighted by Gasteiger charge is 2.15. The van der Waals surface area contributed by atoms with Gasteiger partial charge in [-0.3, -0.25) is 4.57 Å². The maximum absolute atomic E-state index is 11.5. The molecule has 0 saturated carbocycles. The van der Waals surface area contributed by atoms with Crippen LogP contribution in [0.15, 0.2) is 23.0 Å². The van der Waals surface area contributed by atoms with Crippen molar-refractivity contribution in [1.29, 1.82) is 0 Å². The number of aryl methyl sites for hydroxylation is 1. The van der Waals surface area contributed by atoms with Crippen molar-refractivity contribution in [3.05, 3.63) is 34.2 Å². The first kappa shape index (κ1) is 10.6. The third-order valence-corrected chi connectivity index (χ3v) is 3.66. The Hall–Kier alpha value is -1.55. The van der Waals surface area contributed by atoms with E-state index < -0.39 is 0 Å². The second-order valence-electron chi connectivity index (χ2n) is 4.90. The monoisotopic (exact) mass is 231 g/mol. The summed E-state index contributed by atoms with van der Waals surface area (Å²) in [6.45, 7) is 2.25. The van der Waals surface area contributed by atoms with Crippen LogP contribution in [-0.2, 0) is 13.5 Å². The number of hydrogen-bond donors (Lipinski definition) is 2. The number of nitrogens with zero attached hydrogens (tertiary/aromatic N) is 1. The Labute approximate surface area is 99.6 Å². The molecule has 1 aliphatic rings. The molecule has 2 N–H and O–H groups in total. The lowest BCUT2D eigenvalue weighted by Crippen LogP contribution is -2.11. The van der Waals surface area contributed by atoms with Crippen LogP contribution in [0.3, 0.4) is 0 Å². The van der Waals surface area contributed by atoms with Crippen LogP contribution in [-0.4, -0.2) is 22.6 Å². The molecule has 1 fully saturated rings. The van der Waals surface area contributed by atoms with E-state index in [1.54, 1.807) is 11.6 Å². The van der Waals surface area contributed by atoms with Gasteiger partial charge in [0.05, 0.1) is 11.0 Å². The van der Waals surface area contributed by atoms with Gasteiger partial charge in [0.25, 0.3) is 0 Å². The molecular weight excluding hydrogens is 214 g/mol. The molecule has 1 atom stereocenters. The maximum atomic E-state index is 11.5. The van der Waals surface area contributed by atoms with Crippen molar-refractivity contribution in [3.63, 3.8) is 0 Å². The number of benzene rings is 1. The highest BCUT2D eigenvalue weighted by Crippen LogP contribution is 2.18.